The van der Waals surface area contributed by atoms with Gasteiger partial charge < -0.3 is 35.8 Å². The number of aliphatic hydroxyl groups excluding tert-OH is 1. The molecule has 11 nitrogen and oxygen atoms in total. The molecule has 3 unspecified atom stereocenters. The molecule has 3 atom stereocenters. The normalized spacial score (nSPS) is 17.1. The van der Waals surface area contributed by atoms with Crippen molar-refractivity contribution in [3.05, 3.63) is 65.3 Å². The van der Waals surface area contributed by atoms with Gasteiger partial charge in [-0.2, -0.15) is 0 Å². The lowest BCUT2D eigenvalue weighted by molar-refractivity contribution is -0.144. The van der Waals surface area contributed by atoms with Crippen LogP contribution in [-0.4, -0.2) is 77.3 Å². The summed E-state index contributed by atoms with van der Waals surface area (Å²) in [6.45, 7) is 8.24. The zero-order valence-electron chi connectivity index (χ0n) is 26.2. The van der Waals surface area contributed by atoms with E-state index in [1.807, 2.05) is 57.5 Å². The van der Waals surface area contributed by atoms with Crippen molar-refractivity contribution in [1.82, 2.24) is 20.5 Å². The summed E-state index contributed by atoms with van der Waals surface area (Å²) in [5, 5.41) is 16.1. The molecule has 1 aromatic heterocycles. The van der Waals surface area contributed by atoms with Crippen molar-refractivity contribution in [2.45, 2.75) is 65.3 Å². The molecule has 5 N–H and O–H groups in total. The fourth-order valence-electron chi connectivity index (χ4n) is 5.06. The molecule has 45 heavy (non-hydrogen) atoms. The van der Waals surface area contributed by atoms with Crippen molar-refractivity contribution in [1.29, 1.82) is 0 Å². The Labute approximate surface area is 268 Å². The van der Waals surface area contributed by atoms with Crippen molar-refractivity contribution < 1.29 is 29.0 Å². The lowest BCUT2D eigenvalue weighted by Crippen LogP contribution is -2.58. The van der Waals surface area contributed by atoms with Gasteiger partial charge in [0.2, 0.25) is 17.7 Å². The number of β-amino-alcohol motifs (C(OH)–C–C–N with tert-alkyl or cyclic N) is 1. The Morgan fingerprint density at radius 3 is 2.47 bits per heavy atom. The summed E-state index contributed by atoms with van der Waals surface area (Å²) >= 11 is 1.58. The maximum absolute atomic E-state index is 13.8. The van der Waals surface area contributed by atoms with Gasteiger partial charge in [0.1, 0.15) is 24.4 Å². The Morgan fingerprint density at radius 1 is 1.11 bits per heavy atom. The van der Waals surface area contributed by atoms with Crippen LogP contribution in [0.15, 0.2) is 54.0 Å². The lowest BCUT2D eigenvalue weighted by atomic mass is 9.85. The van der Waals surface area contributed by atoms with E-state index >= 15 is 0 Å². The van der Waals surface area contributed by atoms with Gasteiger partial charge in [0.25, 0.3) is 0 Å². The van der Waals surface area contributed by atoms with Gasteiger partial charge in [0, 0.05) is 31.6 Å². The number of hydrogen-bond acceptors (Lipinski definition) is 9. The van der Waals surface area contributed by atoms with Gasteiger partial charge in [-0.05, 0) is 47.7 Å². The smallest absolute Gasteiger partial charge is 0.246 e. The summed E-state index contributed by atoms with van der Waals surface area (Å²) < 4.78 is 11.1. The number of aromatic nitrogens is 1. The van der Waals surface area contributed by atoms with Gasteiger partial charge in [-0.1, -0.05) is 45.0 Å². The van der Waals surface area contributed by atoms with Crippen molar-refractivity contribution in [2.75, 3.05) is 32.1 Å². The predicted molar refractivity (Wildman–Crippen MR) is 173 cm³/mol. The molecule has 0 bridgehead atoms. The van der Waals surface area contributed by atoms with Gasteiger partial charge in [0.05, 0.1) is 35.4 Å². The average Bonchev–Trinajstić information content (AvgIpc) is 3.62. The fraction of sp³-hybridized carbons (Fsp3) is 0.455. The largest absolute Gasteiger partial charge is 0.494 e. The van der Waals surface area contributed by atoms with E-state index in [0.29, 0.717) is 31.1 Å². The van der Waals surface area contributed by atoms with Crippen molar-refractivity contribution >= 4 is 34.7 Å². The standard InChI is InChI=1S/C33H43N5O6S/c1-21-29(45-20-36-21)23-8-6-22(7-9-23)17-35-31(41)27-16-25(39)18-38(27)32(42)30(33(2,3)4)37-28(40)19-43-14-5-15-44-26-12-10-24(34)11-13-26/h6-13,20,25,27,30,39H,5,14-19,34H2,1-4H3,(H,35,41)(H,37,40). The highest BCUT2D eigenvalue weighted by Gasteiger charge is 2.44. The molecule has 0 saturated carbocycles. The number of likely N-dealkylation sites (tertiary alicyclic amines) is 1. The van der Waals surface area contributed by atoms with Crippen LogP contribution in [-0.2, 0) is 25.7 Å². The molecule has 2 heterocycles. The van der Waals surface area contributed by atoms with E-state index in [1.165, 1.54) is 4.90 Å². The monoisotopic (exact) mass is 637 g/mol. The molecule has 0 aliphatic carbocycles. The predicted octanol–water partition coefficient (Wildman–Crippen LogP) is 3.30. The van der Waals surface area contributed by atoms with Crippen LogP contribution in [0.25, 0.3) is 10.4 Å². The number of benzene rings is 2. The van der Waals surface area contributed by atoms with Gasteiger partial charge in [-0.15, -0.1) is 11.3 Å². The zero-order chi connectivity index (χ0) is 32.6. The van der Waals surface area contributed by atoms with Crippen molar-refractivity contribution in [2.24, 2.45) is 5.41 Å². The van der Waals surface area contributed by atoms with Crippen LogP contribution in [0, 0.1) is 12.3 Å². The van der Waals surface area contributed by atoms with Crippen LogP contribution in [0.2, 0.25) is 0 Å². The lowest BCUT2D eigenvalue weighted by Gasteiger charge is -2.35. The van der Waals surface area contributed by atoms with E-state index in [-0.39, 0.29) is 32.0 Å². The third-order valence-electron chi connectivity index (χ3n) is 7.53. The van der Waals surface area contributed by atoms with Crippen LogP contribution in [0.5, 0.6) is 5.75 Å². The molecule has 0 spiro atoms. The zero-order valence-corrected chi connectivity index (χ0v) is 27.1. The molecule has 2 aromatic carbocycles. The molecule has 1 aliphatic rings. The summed E-state index contributed by atoms with van der Waals surface area (Å²) in [5.41, 5.74) is 10.4. The van der Waals surface area contributed by atoms with Crippen LogP contribution >= 0.6 is 11.3 Å². The number of aliphatic hydroxyl groups is 1. The highest BCUT2D eigenvalue weighted by atomic mass is 32.1. The van der Waals surface area contributed by atoms with Crippen LogP contribution in [0.3, 0.4) is 0 Å². The first-order chi connectivity index (χ1) is 21.4. The molecule has 3 aromatic rings. The molecule has 12 heteroatoms. The first kappa shape index (κ1) is 33.9. The first-order valence-electron chi connectivity index (χ1n) is 15.0. The van der Waals surface area contributed by atoms with E-state index in [2.05, 4.69) is 15.6 Å². The van der Waals surface area contributed by atoms with E-state index in [4.69, 9.17) is 15.2 Å². The SMILES string of the molecule is Cc1ncsc1-c1ccc(CNC(=O)C2CC(O)CN2C(=O)C(NC(=O)COCCCOc2ccc(N)cc2)C(C)(C)C)cc1. The summed E-state index contributed by atoms with van der Waals surface area (Å²) in [4.78, 5) is 46.6. The van der Waals surface area contributed by atoms with Gasteiger partial charge in [-0.3, -0.25) is 14.4 Å². The number of anilines is 1. The van der Waals surface area contributed by atoms with Gasteiger partial charge in [0.15, 0.2) is 0 Å². The number of hydrogen-bond donors (Lipinski definition) is 4. The van der Waals surface area contributed by atoms with E-state index in [9.17, 15) is 19.5 Å². The number of carbonyl (C=O) groups excluding carboxylic acids is 3. The second-order valence-electron chi connectivity index (χ2n) is 12.3. The number of nitrogen functional groups attached to an aromatic ring is 1. The third kappa shape index (κ3) is 9.49. The molecule has 1 saturated heterocycles. The Kier molecular flexibility index (Phi) is 11.5. The quantitative estimate of drug-likeness (QED) is 0.164. The molecule has 3 amide bonds. The third-order valence-corrected chi connectivity index (χ3v) is 8.50. The van der Waals surface area contributed by atoms with Crippen LogP contribution in [0.1, 0.15) is 44.9 Å². The summed E-state index contributed by atoms with van der Waals surface area (Å²) in [5.74, 6) is -0.524. The van der Waals surface area contributed by atoms with Crippen molar-refractivity contribution in [3.8, 4) is 16.2 Å². The first-order valence-corrected chi connectivity index (χ1v) is 15.9. The van der Waals surface area contributed by atoms with Crippen LogP contribution in [0.4, 0.5) is 5.69 Å². The Morgan fingerprint density at radius 2 is 1.82 bits per heavy atom. The summed E-state index contributed by atoms with van der Waals surface area (Å²) in [7, 11) is 0. The van der Waals surface area contributed by atoms with E-state index in [1.54, 1.807) is 35.6 Å². The average molecular weight is 638 g/mol. The molecular weight excluding hydrogens is 594 g/mol. The number of thiazole rings is 1. The number of aryl methyl sites for hydroxylation is 1. The van der Waals surface area contributed by atoms with Gasteiger partial charge in [-0.25, -0.2) is 4.98 Å². The maximum atomic E-state index is 13.8. The number of ether oxygens (including phenoxy) is 2. The fourth-order valence-corrected chi connectivity index (χ4v) is 5.87. The number of rotatable bonds is 13. The number of nitrogens with zero attached hydrogens (tertiary/aromatic N) is 2. The molecule has 242 valence electrons. The molecule has 4 rings (SSSR count). The van der Waals surface area contributed by atoms with E-state index < -0.39 is 35.4 Å². The molecule has 1 aliphatic heterocycles. The summed E-state index contributed by atoms with van der Waals surface area (Å²) in [6, 6.07) is 13.2. The second kappa shape index (κ2) is 15.3. The minimum atomic E-state index is -0.925. The second-order valence-corrected chi connectivity index (χ2v) is 13.1. The number of carbonyl (C=O) groups is 3. The minimum absolute atomic E-state index is 0.00672. The number of nitrogens with one attached hydrogen (secondary N) is 2. The Balaban J connectivity index is 1.27. The minimum Gasteiger partial charge on any atom is -0.494 e. The van der Waals surface area contributed by atoms with Crippen LogP contribution < -0.4 is 21.1 Å². The van der Waals surface area contributed by atoms with E-state index in [0.717, 1.165) is 21.7 Å². The summed E-state index contributed by atoms with van der Waals surface area (Å²) in [6.07, 6.45) is -0.160. The van der Waals surface area contributed by atoms with Crippen molar-refractivity contribution in [3.63, 3.8) is 0 Å². The molecule has 0 radical (unpaired) electrons. The maximum Gasteiger partial charge on any atom is 0.246 e. The van der Waals surface area contributed by atoms with Gasteiger partial charge >= 0.3 is 0 Å². The highest BCUT2D eigenvalue weighted by molar-refractivity contribution is 7.13. The number of amides is 3. The molecular formula is C33H43N5O6S. The topological polar surface area (TPSA) is 156 Å². The number of nitrogens with two attached hydrogens (primary N) is 1. The molecule has 1 fully saturated rings. The Bertz CT molecular complexity index is 1440. The Hall–Kier alpha value is -4.00. The highest BCUT2D eigenvalue weighted by Crippen LogP contribution is 2.28.